The fourth-order valence-corrected chi connectivity index (χ4v) is 12.2. The third-order valence-corrected chi connectivity index (χ3v) is 14.1. The molecule has 3 aliphatic rings. The van der Waals surface area contributed by atoms with Crippen molar-refractivity contribution in [3.63, 3.8) is 0 Å². The second-order valence-electron chi connectivity index (χ2n) is 5.57. The average molecular weight is 421 g/mol. The maximum atomic E-state index is 11.9. The van der Waals surface area contributed by atoms with Crippen LogP contribution in [0.15, 0.2) is 0 Å². The normalized spacial score (nSPS) is 47.7. The van der Waals surface area contributed by atoms with Crippen molar-refractivity contribution in [2.75, 3.05) is 17.3 Å². The number of alkyl halides is 1. The zero-order valence-electron chi connectivity index (χ0n) is 10.7. The van der Waals surface area contributed by atoms with Crippen LogP contribution in [0.3, 0.4) is 0 Å². The van der Waals surface area contributed by atoms with Gasteiger partial charge in [-0.3, -0.25) is 0 Å². The molecule has 3 aliphatic heterocycles. The fraction of sp³-hybridized carbons (Fsp3) is 0.900. The van der Waals surface area contributed by atoms with Gasteiger partial charge in [0.1, 0.15) is 9.91 Å². The number of sulfone groups is 2. The van der Waals surface area contributed by atoms with E-state index in [4.69, 9.17) is 0 Å². The summed E-state index contributed by atoms with van der Waals surface area (Å²) in [5, 5.41) is 0.0161. The minimum atomic E-state index is -3.07. The third-order valence-electron chi connectivity index (χ3n) is 3.91. The molecule has 3 rings (SSSR count). The van der Waals surface area contributed by atoms with E-state index in [0.717, 1.165) is 4.38 Å². The summed E-state index contributed by atoms with van der Waals surface area (Å²) in [5.74, 6) is 0.587. The standard InChI is InChI=1S/C10H14BrNO4S4/c1-10-7(5-20(15,16)8(10)11)17-9(18-10)12-6-2-3-19(13,14)4-6/h6-8H,2-5H2,1H3/p+1/t6?,7-,8?,10-/m1/s1. The van der Waals surface area contributed by atoms with E-state index in [1.807, 2.05) is 6.92 Å². The lowest BCUT2D eigenvalue weighted by atomic mass is 10.1. The van der Waals surface area contributed by atoms with Gasteiger partial charge in [0.2, 0.25) is 0 Å². The fourth-order valence-electron chi connectivity index (χ4n) is 2.72. The highest BCUT2D eigenvalue weighted by Crippen LogP contribution is 2.56. The number of nitrogens with one attached hydrogen (secondary N) is 1. The van der Waals surface area contributed by atoms with Crippen LogP contribution in [0, 0.1) is 0 Å². The van der Waals surface area contributed by atoms with Gasteiger partial charge in [0.25, 0.3) is 4.38 Å². The molecule has 2 unspecified atom stereocenters. The third kappa shape index (κ3) is 2.59. The Kier molecular flexibility index (Phi) is 3.81. The van der Waals surface area contributed by atoms with Crippen LogP contribution in [-0.4, -0.2) is 58.7 Å². The number of fused-ring (bicyclic) bond motifs is 1. The van der Waals surface area contributed by atoms with Gasteiger partial charge in [0, 0.05) is 11.7 Å². The highest BCUT2D eigenvalue weighted by molar-refractivity contribution is 9.11. The Morgan fingerprint density at radius 2 is 2.00 bits per heavy atom. The van der Waals surface area contributed by atoms with Crippen LogP contribution in [0.5, 0.6) is 0 Å². The lowest BCUT2D eigenvalue weighted by Gasteiger charge is -2.21. The Morgan fingerprint density at radius 1 is 1.30 bits per heavy atom. The second kappa shape index (κ2) is 4.87. The van der Waals surface area contributed by atoms with Crippen molar-refractivity contribution < 1.29 is 21.8 Å². The number of thioether (sulfide) groups is 2. The molecule has 10 heteroatoms. The molecule has 0 amide bonds. The Bertz CT molecular complexity index is 673. The first-order valence-electron chi connectivity index (χ1n) is 6.18. The van der Waals surface area contributed by atoms with Crippen LogP contribution in [-0.2, 0) is 19.7 Å². The van der Waals surface area contributed by atoms with E-state index in [0.29, 0.717) is 6.42 Å². The van der Waals surface area contributed by atoms with Crippen LogP contribution in [0.25, 0.3) is 0 Å². The van der Waals surface area contributed by atoms with Gasteiger partial charge in [-0.25, -0.2) is 21.8 Å². The summed E-state index contributed by atoms with van der Waals surface area (Å²) >= 11 is 6.39. The quantitative estimate of drug-likeness (QED) is 0.568. The van der Waals surface area contributed by atoms with E-state index >= 15 is 0 Å². The van der Waals surface area contributed by atoms with E-state index < -0.39 is 23.8 Å². The maximum absolute atomic E-state index is 11.9. The van der Waals surface area contributed by atoms with Crippen LogP contribution >= 0.6 is 39.5 Å². The summed E-state index contributed by atoms with van der Waals surface area (Å²) in [4.78, 5) is 3.28. The molecular formula is C10H15BrNO4S4+. The summed E-state index contributed by atoms with van der Waals surface area (Å²) in [6.07, 6.45) is 0.629. The second-order valence-corrected chi connectivity index (χ2v) is 14.4. The molecule has 20 heavy (non-hydrogen) atoms. The largest absolute Gasteiger partial charge is 0.269 e. The Labute approximate surface area is 135 Å². The first kappa shape index (κ1) is 15.6. The molecule has 114 valence electrons. The average Bonchev–Trinajstić information content (AvgIpc) is 2.84. The number of halogens is 1. The Hall–Kier alpha value is 0.750. The summed E-state index contributed by atoms with van der Waals surface area (Å²) in [6, 6.07) is -0.0391. The summed E-state index contributed by atoms with van der Waals surface area (Å²) in [7, 11) is -5.97. The summed E-state index contributed by atoms with van der Waals surface area (Å²) in [5.41, 5.74) is 0. The molecule has 4 atom stereocenters. The lowest BCUT2D eigenvalue weighted by molar-refractivity contribution is -0.489. The van der Waals surface area contributed by atoms with Gasteiger partial charge in [-0.05, 0) is 30.4 Å². The van der Waals surface area contributed by atoms with Gasteiger partial charge in [-0.15, -0.1) is 0 Å². The van der Waals surface area contributed by atoms with Crippen LogP contribution in [0.4, 0.5) is 0 Å². The predicted molar refractivity (Wildman–Crippen MR) is 86.9 cm³/mol. The highest BCUT2D eigenvalue weighted by Gasteiger charge is 2.62. The first-order valence-corrected chi connectivity index (χ1v) is 12.3. The van der Waals surface area contributed by atoms with Crippen molar-refractivity contribution in [3.05, 3.63) is 0 Å². The van der Waals surface area contributed by atoms with Gasteiger partial charge in [-0.1, -0.05) is 15.9 Å². The van der Waals surface area contributed by atoms with E-state index in [1.54, 1.807) is 0 Å². The molecule has 0 bridgehead atoms. The molecule has 5 nitrogen and oxygen atoms in total. The molecule has 0 radical (unpaired) electrons. The van der Waals surface area contributed by atoms with Crippen molar-refractivity contribution in [1.82, 2.24) is 0 Å². The Balaban J connectivity index is 1.79. The van der Waals surface area contributed by atoms with E-state index in [2.05, 4.69) is 20.9 Å². The van der Waals surface area contributed by atoms with E-state index in [-0.39, 0.29) is 33.3 Å². The van der Waals surface area contributed by atoms with Gasteiger partial charge < -0.3 is 0 Å². The van der Waals surface area contributed by atoms with Crippen LogP contribution < -0.4 is 4.99 Å². The van der Waals surface area contributed by atoms with Gasteiger partial charge in [0.05, 0.1) is 16.3 Å². The predicted octanol–water partition coefficient (Wildman–Crippen LogP) is -0.633. The number of hydrogen-bond donors (Lipinski definition) is 1. The minimum Gasteiger partial charge on any atom is -0.229 e. The molecule has 0 aromatic rings. The first-order chi connectivity index (χ1) is 9.12. The molecule has 3 saturated heterocycles. The van der Waals surface area contributed by atoms with Crippen molar-refractivity contribution in [2.24, 2.45) is 0 Å². The minimum absolute atomic E-state index is 0.0161. The summed E-state index contributed by atoms with van der Waals surface area (Å²) < 4.78 is 46.8. The molecule has 0 aliphatic carbocycles. The monoisotopic (exact) mass is 420 g/mol. The maximum Gasteiger partial charge on any atom is 0.269 e. The van der Waals surface area contributed by atoms with E-state index in [1.165, 1.54) is 23.5 Å². The molecule has 1 N–H and O–H groups in total. The van der Waals surface area contributed by atoms with Gasteiger partial charge >= 0.3 is 0 Å². The molecule has 0 spiro atoms. The Morgan fingerprint density at radius 3 is 2.55 bits per heavy atom. The zero-order valence-corrected chi connectivity index (χ0v) is 15.6. The van der Waals surface area contributed by atoms with Gasteiger partial charge in [0.15, 0.2) is 25.7 Å². The number of rotatable bonds is 1. The van der Waals surface area contributed by atoms with Crippen molar-refractivity contribution in [3.8, 4) is 0 Å². The summed E-state index contributed by atoms with van der Waals surface area (Å²) in [6.45, 7) is 1.96. The van der Waals surface area contributed by atoms with E-state index in [9.17, 15) is 16.8 Å². The molecule has 0 aromatic heterocycles. The molecular weight excluding hydrogens is 406 g/mol. The zero-order chi connectivity index (χ0) is 14.8. The van der Waals surface area contributed by atoms with Crippen molar-refractivity contribution in [2.45, 2.75) is 33.5 Å². The molecule has 3 fully saturated rings. The topological polar surface area (TPSA) is 82.2 Å². The van der Waals surface area contributed by atoms with Gasteiger partial charge in [-0.2, -0.15) is 0 Å². The van der Waals surface area contributed by atoms with Crippen molar-refractivity contribution in [1.29, 1.82) is 0 Å². The lowest BCUT2D eigenvalue weighted by Crippen LogP contribution is -2.79. The smallest absolute Gasteiger partial charge is 0.229 e. The highest BCUT2D eigenvalue weighted by atomic mass is 79.9. The molecule has 0 aromatic carbocycles. The van der Waals surface area contributed by atoms with Crippen LogP contribution in [0.1, 0.15) is 13.3 Å². The van der Waals surface area contributed by atoms with Crippen molar-refractivity contribution >= 4 is 63.5 Å². The number of hydrogen-bond acceptors (Lipinski definition) is 6. The molecule has 0 saturated carbocycles. The SMILES string of the molecule is C[C@@]12SC(=[NH+]C3CCS(=O)(=O)C3)S[C@@H]1CS(=O)(=O)C2Br. The van der Waals surface area contributed by atoms with Crippen LogP contribution in [0.2, 0.25) is 0 Å². The molecule has 3 heterocycles.